The van der Waals surface area contributed by atoms with Crippen LogP contribution in [0.2, 0.25) is 16.6 Å². The number of nitrogens with two attached hydrogens (primary N) is 1. The highest BCUT2D eigenvalue weighted by Crippen LogP contribution is 2.47. The number of hydrogen-bond acceptors (Lipinski definition) is 8. The van der Waals surface area contributed by atoms with Gasteiger partial charge >= 0.3 is 6.01 Å². The summed E-state index contributed by atoms with van der Waals surface area (Å²) >= 11 is 0. The topological polar surface area (TPSA) is 89.6 Å². The summed E-state index contributed by atoms with van der Waals surface area (Å²) < 4.78 is 75.6. The zero-order valence-corrected chi connectivity index (χ0v) is 34.3. The van der Waals surface area contributed by atoms with Gasteiger partial charge in [0.25, 0.3) is 0 Å². The second-order valence-electron chi connectivity index (χ2n) is 17.5. The molecule has 5 heterocycles. The van der Waals surface area contributed by atoms with Crippen LogP contribution in [0, 0.1) is 29.0 Å². The highest BCUT2D eigenvalue weighted by atomic mass is 28.3. The zero-order chi connectivity index (χ0) is 39.8. The Balaban J connectivity index is 1.30. The first-order valence-electron chi connectivity index (χ1n) is 20.1. The molecule has 1 aliphatic carbocycles. The Morgan fingerprint density at radius 3 is 2.55 bits per heavy atom. The van der Waals surface area contributed by atoms with E-state index in [-0.39, 0.29) is 58.9 Å². The van der Waals surface area contributed by atoms with Crippen molar-refractivity contribution in [3.8, 4) is 28.7 Å². The summed E-state index contributed by atoms with van der Waals surface area (Å²) in [6, 6.07) is 5.93. The summed E-state index contributed by atoms with van der Waals surface area (Å²) in [4.78, 5) is 18.0. The molecular weight excluding hydrogens is 737 g/mol. The van der Waals surface area contributed by atoms with Crippen molar-refractivity contribution >= 4 is 41.3 Å². The number of fused-ring (bicyclic) bond motifs is 4. The van der Waals surface area contributed by atoms with Crippen molar-refractivity contribution < 1.29 is 27.0 Å². The molecule has 8 nitrogen and oxygen atoms in total. The SMILES string of the molecule is CC(C)[Si](C#Cc1c(F)ccc2cc(N)cc(-c3ncc4c(N5CCOC[C@H]6[C@H](F)[C@H]65)nc(OC[C@@]56CC[C@H](C)N5C[C@H](F)C6)nc4c3F)c12)(C(C)C)C(C)C. The van der Waals surface area contributed by atoms with Crippen molar-refractivity contribution in [2.75, 3.05) is 43.5 Å². The average Bonchev–Trinajstić information content (AvgIpc) is 3.61. The number of nitrogen functional groups attached to an aromatic ring is 1. The second kappa shape index (κ2) is 14.4. The van der Waals surface area contributed by atoms with E-state index in [1.807, 2.05) is 4.90 Å². The molecule has 0 spiro atoms. The van der Waals surface area contributed by atoms with E-state index in [9.17, 15) is 4.39 Å². The molecule has 13 heteroatoms. The van der Waals surface area contributed by atoms with Crippen LogP contribution in [-0.4, -0.2) is 90.8 Å². The summed E-state index contributed by atoms with van der Waals surface area (Å²) in [6.45, 7) is 16.7. The maximum absolute atomic E-state index is 17.4. The fourth-order valence-electron chi connectivity index (χ4n) is 10.5. The van der Waals surface area contributed by atoms with Crippen molar-refractivity contribution in [1.82, 2.24) is 19.9 Å². The predicted octanol–water partition coefficient (Wildman–Crippen LogP) is 8.79. The molecule has 4 aromatic rings. The van der Waals surface area contributed by atoms with Crippen LogP contribution >= 0.6 is 0 Å². The molecule has 2 aromatic heterocycles. The number of hydrogen-bond donors (Lipinski definition) is 1. The van der Waals surface area contributed by atoms with E-state index in [1.165, 1.54) is 12.3 Å². The third-order valence-corrected chi connectivity index (χ3v) is 19.6. The molecule has 4 aliphatic rings. The number of pyridine rings is 1. The molecule has 0 amide bonds. The lowest BCUT2D eigenvalue weighted by atomic mass is 9.95. The van der Waals surface area contributed by atoms with Crippen LogP contribution < -0.4 is 15.4 Å². The number of anilines is 2. The van der Waals surface area contributed by atoms with E-state index >= 15 is 13.2 Å². The summed E-state index contributed by atoms with van der Waals surface area (Å²) in [5.41, 5.74) is 11.1. The quantitative estimate of drug-likeness (QED) is 0.0821. The van der Waals surface area contributed by atoms with Crippen LogP contribution in [0.4, 0.5) is 29.1 Å². The molecule has 0 radical (unpaired) electrons. The van der Waals surface area contributed by atoms with Gasteiger partial charge in [-0.1, -0.05) is 53.5 Å². The highest BCUT2D eigenvalue weighted by molar-refractivity contribution is 6.90. The Morgan fingerprint density at radius 1 is 1.07 bits per heavy atom. The van der Waals surface area contributed by atoms with Gasteiger partial charge in [0.15, 0.2) is 5.82 Å². The molecule has 1 saturated carbocycles. The maximum Gasteiger partial charge on any atom is 0.319 e. The van der Waals surface area contributed by atoms with Gasteiger partial charge in [-0.25, -0.2) is 17.6 Å². The first-order valence-corrected chi connectivity index (χ1v) is 22.3. The maximum atomic E-state index is 17.4. The Kier molecular flexibility index (Phi) is 10.0. The van der Waals surface area contributed by atoms with Crippen molar-refractivity contribution in [3.05, 3.63) is 47.7 Å². The Bertz CT molecular complexity index is 2220. The average molecular weight is 789 g/mol. The number of aromatic nitrogens is 3. The molecule has 6 atom stereocenters. The summed E-state index contributed by atoms with van der Waals surface area (Å²) in [5.74, 6) is 1.94. The van der Waals surface area contributed by atoms with Crippen molar-refractivity contribution in [2.24, 2.45) is 5.92 Å². The molecule has 56 heavy (non-hydrogen) atoms. The minimum atomic E-state index is -2.29. The van der Waals surface area contributed by atoms with E-state index in [1.54, 1.807) is 18.2 Å². The third-order valence-electron chi connectivity index (χ3n) is 13.3. The van der Waals surface area contributed by atoms with Crippen molar-refractivity contribution in [1.29, 1.82) is 0 Å². The van der Waals surface area contributed by atoms with E-state index in [0.29, 0.717) is 65.0 Å². The Morgan fingerprint density at radius 2 is 1.82 bits per heavy atom. The van der Waals surface area contributed by atoms with Crippen molar-refractivity contribution in [2.45, 2.75) is 114 Å². The summed E-state index contributed by atoms with van der Waals surface area (Å²) in [5, 5.41) is 1.28. The van der Waals surface area contributed by atoms with Gasteiger partial charge in [-0.05, 0) is 60.0 Å². The van der Waals surface area contributed by atoms with Gasteiger partial charge in [0.2, 0.25) is 0 Å². The molecule has 8 rings (SSSR count). The van der Waals surface area contributed by atoms with E-state index in [0.717, 1.165) is 12.8 Å². The molecule has 4 fully saturated rings. The highest BCUT2D eigenvalue weighted by Gasteiger charge is 2.57. The van der Waals surface area contributed by atoms with E-state index in [2.05, 4.69) is 74.8 Å². The predicted molar refractivity (Wildman–Crippen MR) is 216 cm³/mol. The van der Waals surface area contributed by atoms with Crippen molar-refractivity contribution in [3.63, 3.8) is 0 Å². The zero-order valence-electron chi connectivity index (χ0n) is 33.3. The Labute approximate surface area is 327 Å². The summed E-state index contributed by atoms with van der Waals surface area (Å²) in [6.07, 6.45) is 1.38. The fraction of sp³-hybridized carbons (Fsp3) is 0.558. The van der Waals surface area contributed by atoms with Gasteiger partial charge in [-0.15, -0.1) is 5.54 Å². The Hall–Kier alpha value is -3.99. The van der Waals surface area contributed by atoms with Gasteiger partial charge in [0, 0.05) is 54.3 Å². The fourth-order valence-corrected chi connectivity index (χ4v) is 15.7. The monoisotopic (exact) mass is 788 g/mol. The number of benzene rings is 2. The minimum absolute atomic E-state index is 0.0813. The molecule has 2 N–H and O–H groups in total. The second-order valence-corrected chi connectivity index (χ2v) is 23.1. The number of ether oxygens (including phenoxy) is 2. The normalized spacial score (nSPS) is 26.5. The van der Waals surface area contributed by atoms with Crippen LogP contribution in [0.1, 0.15) is 73.3 Å². The first kappa shape index (κ1) is 38.9. The van der Waals surface area contributed by atoms with Crippen LogP contribution in [-0.2, 0) is 4.74 Å². The molecule has 3 saturated heterocycles. The number of rotatable bonds is 8. The lowest BCUT2D eigenvalue weighted by Gasteiger charge is -2.38. The molecule has 0 unspecified atom stereocenters. The van der Waals surface area contributed by atoms with Gasteiger partial charge in [-0.2, -0.15) is 9.97 Å². The smallest absolute Gasteiger partial charge is 0.319 e. The molecule has 2 aromatic carbocycles. The van der Waals surface area contributed by atoms with Gasteiger partial charge < -0.3 is 20.1 Å². The first-order chi connectivity index (χ1) is 26.7. The lowest BCUT2D eigenvalue weighted by molar-refractivity contribution is 0.0889. The van der Waals surface area contributed by atoms with E-state index < -0.39 is 43.6 Å². The summed E-state index contributed by atoms with van der Waals surface area (Å²) in [7, 11) is -2.29. The standard InChI is InChI=1S/C43H52F4N6O2Si/c1-23(2)56(24(3)4,25(5)6)15-11-30-34(45)9-8-27-16-29(48)17-31(35(27)30)38-37(47)39-32(19-49-38)41(52-13-14-54-21-33-36(46)40(33)52)51-42(50-39)55-22-43-12-10-26(7)53(43)20-28(44)18-43/h8-9,16-17,19,23-26,28,33,36,40H,10,12-14,18,20-22,48H2,1-7H3/t26-,28+,33-,36-,40-,43-/m0/s1. The van der Waals surface area contributed by atoms with Crippen LogP contribution in [0.25, 0.3) is 32.9 Å². The molecule has 3 aliphatic heterocycles. The largest absolute Gasteiger partial charge is 0.461 e. The van der Waals surface area contributed by atoms with Crippen LogP contribution in [0.3, 0.4) is 0 Å². The molecule has 298 valence electrons. The number of alkyl halides is 2. The van der Waals surface area contributed by atoms with Gasteiger partial charge in [-0.3, -0.25) is 9.88 Å². The van der Waals surface area contributed by atoms with Gasteiger partial charge in [0.05, 0.1) is 35.7 Å². The lowest BCUT2D eigenvalue weighted by Crippen LogP contribution is -2.46. The molecule has 0 bridgehead atoms. The number of halogens is 4. The van der Waals surface area contributed by atoms with Gasteiger partial charge in [0.1, 0.15) is 49.9 Å². The number of nitrogens with zero attached hydrogens (tertiary/aromatic N) is 5. The van der Waals surface area contributed by atoms with E-state index in [4.69, 9.17) is 20.2 Å². The van der Waals surface area contributed by atoms with Crippen LogP contribution in [0.15, 0.2) is 30.5 Å². The minimum Gasteiger partial charge on any atom is -0.461 e. The molecular formula is C43H52F4N6O2Si. The van der Waals surface area contributed by atoms with Crippen LogP contribution in [0.5, 0.6) is 6.01 Å². The third kappa shape index (κ3) is 6.31.